The van der Waals surface area contributed by atoms with Crippen molar-refractivity contribution in [1.29, 1.82) is 0 Å². The highest BCUT2D eigenvalue weighted by Crippen LogP contribution is 2.52. The van der Waals surface area contributed by atoms with Crippen LogP contribution in [0.4, 0.5) is 0 Å². The Balaban J connectivity index is 1.77. The Kier molecular flexibility index (Phi) is 4.32. The lowest BCUT2D eigenvalue weighted by atomic mass is 9.70. The van der Waals surface area contributed by atoms with Gasteiger partial charge in [0.1, 0.15) is 0 Å². The van der Waals surface area contributed by atoms with Crippen molar-refractivity contribution in [2.45, 2.75) is 85.6 Å². The zero-order valence-corrected chi connectivity index (χ0v) is 17.5. The molecular formula is C24H35NO. The van der Waals surface area contributed by atoms with Crippen molar-refractivity contribution >= 4 is 11.5 Å². The van der Waals surface area contributed by atoms with Crippen molar-refractivity contribution in [2.75, 3.05) is 0 Å². The van der Waals surface area contributed by atoms with Crippen molar-refractivity contribution in [3.8, 4) is 0 Å². The number of nitrogens with zero attached hydrogens (tertiary/aromatic N) is 1. The number of carbonyl (C=O) groups excluding carboxylic acids is 1. The van der Waals surface area contributed by atoms with Gasteiger partial charge in [-0.25, -0.2) is 0 Å². The van der Waals surface area contributed by atoms with E-state index in [-0.39, 0.29) is 5.54 Å². The van der Waals surface area contributed by atoms with E-state index in [1.165, 1.54) is 42.5 Å². The van der Waals surface area contributed by atoms with Gasteiger partial charge < -0.3 is 0 Å². The summed E-state index contributed by atoms with van der Waals surface area (Å²) in [4.78, 5) is 18.8. The second kappa shape index (κ2) is 6.17. The van der Waals surface area contributed by atoms with Gasteiger partial charge in [0.2, 0.25) is 0 Å². The standard InChI is InChI=1S/C24H35NO/c1-13(2)17-7-9-24(10-8-17)12-18-19(14(3)4)23(26)21-16(6)11-15(5)20(21)22(18)25-24/h13-17H,7-12H2,1-6H3. The summed E-state index contributed by atoms with van der Waals surface area (Å²) in [6.45, 7) is 13.6. The van der Waals surface area contributed by atoms with Crippen LogP contribution in [0.25, 0.3) is 0 Å². The van der Waals surface area contributed by atoms with Gasteiger partial charge in [-0.1, -0.05) is 41.5 Å². The highest BCUT2D eigenvalue weighted by molar-refractivity contribution is 6.29. The molecule has 0 bridgehead atoms. The second-order valence-corrected chi connectivity index (χ2v) is 10.2. The zero-order valence-electron chi connectivity index (χ0n) is 17.5. The van der Waals surface area contributed by atoms with E-state index in [1.807, 2.05) is 0 Å². The third kappa shape index (κ3) is 2.59. The lowest BCUT2D eigenvalue weighted by Gasteiger charge is -2.36. The molecule has 1 heterocycles. The number of Topliss-reactive ketones (excluding diaryl/α,β-unsaturated/α-hetero) is 1. The van der Waals surface area contributed by atoms with E-state index >= 15 is 0 Å². The van der Waals surface area contributed by atoms with Gasteiger partial charge >= 0.3 is 0 Å². The van der Waals surface area contributed by atoms with Crippen molar-refractivity contribution in [3.63, 3.8) is 0 Å². The van der Waals surface area contributed by atoms with Crippen LogP contribution in [0.5, 0.6) is 0 Å². The summed E-state index contributed by atoms with van der Waals surface area (Å²) in [5.41, 5.74) is 6.19. The van der Waals surface area contributed by atoms with Gasteiger partial charge in [0.25, 0.3) is 0 Å². The van der Waals surface area contributed by atoms with Crippen molar-refractivity contribution in [2.24, 2.45) is 34.6 Å². The maximum atomic E-state index is 13.4. The molecule has 0 saturated heterocycles. The largest absolute Gasteiger partial charge is 0.289 e. The maximum absolute atomic E-state index is 13.4. The minimum absolute atomic E-state index is 0.0878. The SMILES string of the molecule is CC(C)C1=C2CC3(CCC(C(C)C)CC3)N=C2C2=C(C1=O)C(C)CC2C. The number of fused-ring (bicyclic) bond motifs is 2. The Bertz CT molecular complexity index is 725. The summed E-state index contributed by atoms with van der Waals surface area (Å²) in [7, 11) is 0. The summed E-state index contributed by atoms with van der Waals surface area (Å²) >= 11 is 0. The Morgan fingerprint density at radius 3 is 2.19 bits per heavy atom. The van der Waals surface area contributed by atoms with Crippen molar-refractivity contribution in [1.82, 2.24) is 0 Å². The lowest BCUT2D eigenvalue weighted by Crippen LogP contribution is -2.32. The molecule has 3 aliphatic carbocycles. The minimum atomic E-state index is 0.0878. The van der Waals surface area contributed by atoms with Gasteiger partial charge in [0, 0.05) is 17.6 Å². The topological polar surface area (TPSA) is 29.4 Å². The molecule has 1 spiro atoms. The number of carbonyl (C=O) groups is 1. The quantitative estimate of drug-likeness (QED) is 0.566. The monoisotopic (exact) mass is 353 g/mol. The van der Waals surface area contributed by atoms with E-state index in [0.717, 1.165) is 35.8 Å². The van der Waals surface area contributed by atoms with Crippen LogP contribution >= 0.6 is 0 Å². The van der Waals surface area contributed by atoms with Crippen LogP contribution in [0.15, 0.2) is 27.3 Å². The number of aliphatic imine (C=N–C) groups is 1. The van der Waals surface area contributed by atoms with E-state index in [0.29, 0.717) is 23.5 Å². The average Bonchev–Trinajstić information content (AvgIpc) is 3.05. The van der Waals surface area contributed by atoms with Crippen LogP contribution < -0.4 is 0 Å². The van der Waals surface area contributed by atoms with Crippen LogP contribution in [0, 0.1) is 29.6 Å². The summed E-state index contributed by atoms with van der Waals surface area (Å²) in [5, 5.41) is 0. The van der Waals surface area contributed by atoms with E-state index in [9.17, 15) is 4.79 Å². The second-order valence-electron chi connectivity index (χ2n) is 10.2. The molecule has 0 aromatic heterocycles. The Hall–Kier alpha value is -1.18. The molecule has 1 saturated carbocycles. The van der Waals surface area contributed by atoms with Crippen molar-refractivity contribution < 1.29 is 4.79 Å². The molecule has 4 aliphatic rings. The molecule has 1 aliphatic heterocycles. The average molecular weight is 354 g/mol. The Morgan fingerprint density at radius 1 is 1.00 bits per heavy atom. The first-order valence-corrected chi connectivity index (χ1v) is 10.9. The van der Waals surface area contributed by atoms with Crippen molar-refractivity contribution in [3.05, 3.63) is 22.3 Å². The predicted octanol–water partition coefficient (Wildman–Crippen LogP) is 5.92. The van der Waals surface area contributed by atoms with Crippen LogP contribution in [0.1, 0.15) is 80.1 Å². The van der Waals surface area contributed by atoms with Crippen LogP contribution in [0.2, 0.25) is 0 Å². The van der Waals surface area contributed by atoms with Gasteiger partial charge in [0.05, 0.1) is 11.3 Å². The molecule has 1 fully saturated rings. The third-order valence-electron chi connectivity index (χ3n) is 7.67. The fourth-order valence-electron chi connectivity index (χ4n) is 6.23. The minimum Gasteiger partial charge on any atom is -0.289 e. The highest BCUT2D eigenvalue weighted by atomic mass is 16.1. The molecule has 0 radical (unpaired) electrons. The highest BCUT2D eigenvalue weighted by Gasteiger charge is 2.49. The van der Waals surface area contributed by atoms with Crippen LogP contribution in [0.3, 0.4) is 0 Å². The summed E-state index contributed by atoms with van der Waals surface area (Å²) in [6, 6.07) is 0. The molecule has 4 rings (SSSR count). The molecule has 2 nitrogen and oxygen atoms in total. The Labute approximate surface area is 159 Å². The summed E-state index contributed by atoms with van der Waals surface area (Å²) < 4.78 is 0. The van der Waals surface area contributed by atoms with Gasteiger partial charge in [-0.05, 0) is 72.8 Å². The molecule has 0 N–H and O–H groups in total. The lowest BCUT2D eigenvalue weighted by molar-refractivity contribution is -0.113. The molecule has 26 heavy (non-hydrogen) atoms. The smallest absolute Gasteiger partial charge is 0.186 e. The zero-order chi connectivity index (χ0) is 18.8. The van der Waals surface area contributed by atoms with E-state index in [1.54, 1.807) is 0 Å². The van der Waals surface area contributed by atoms with Crippen LogP contribution in [-0.4, -0.2) is 17.0 Å². The Morgan fingerprint density at radius 2 is 1.62 bits per heavy atom. The molecule has 0 aromatic carbocycles. The summed E-state index contributed by atoms with van der Waals surface area (Å²) in [5.74, 6) is 3.15. The number of ketones is 1. The molecule has 0 aromatic rings. The van der Waals surface area contributed by atoms with Gasteiger partial charge in [-0.15, -0.1) is 0 Å². The predicted molar refractivity (Wildman–Crippen MR) is 108 cm³/mol. The molecule has 0 amide bonds. The van der Waals surface area contributed by atoms with E-state index < -0.39 is 0 Å². The summed E-state index contributed by atoms with van der Waals surface area (Å²) in [6.07, 6.45) is 7.12. The maximum Gasteiger partial charge on any atom is 0.186 e. The van der Waals surface area contributed by atoms with Gasteiger partial charge in [0.15, 0.2) is 5.78 Å². The normalized spacial score (nSPS) is 37.2. The molecule has 2 atom stereocenters. The van der Waals surface area contributed by atoms with Crippen LogP contribution in [-0.2, 0) is 4.79 Å². The first-order chi connectivity index (χ1) is 12.2. The fourth-order valence-corrected chi connectivity index (χ4v) is 6.23. The molecule has 2 heteroatoms. The van der Waals surface area contributed by atoms with E-state index in [4.69, 9.17) is 4.99 Å². The first kappa shape index (κ1) is 18.2. The van der Waals surface area contributed by atoms with Gasteiger partial charge in [-0.2, -0.15) is 0 Å². The molecule has 142 valence electrons. The van der Waals surface area contributed by atoms with Gasteiger partial charge in [-0.3, -0.25) is 9.79 Å². The molecular weight excluding hydrogens is 318 g/mol. The fraction of sp³-hybridized carbons (Fsp3) is 0.750. The molecule has 2 unspecified atom stereocenters. The number of rotatable bonds is 2. The first-order valence-electron chi connectivity index (χ1n) is 10.9. The third-order valence-corrected chi connectivity index (χ3v) is 7.67. The number of hydrogen-bond donors (Lipinski definition) is 0. The number of hydrogen-bond acceptors (Lipinski definition) is 2. The van der Waals surface area contributed by atoms with E-state index in [2.05, 4.69) is 41.5 Å². The number of allylic oxidation sites excluding steroid dienone is 3.